The van der Waals surface area contributed by atoms with E-state index in [2.05, 4.69) is 20.7 Å². The van der Waals surface area contributed by atoms with Gasteiger partial charge in [-0.15, -0.1) is 13.2 Å². The van der Waals surface area contributed by atoms with E-state index < -0.39 is 18.1 Å². The molecule has 5 nitrogen and oxygen atoms in total. The van der Waals surface area contributed by atoms with Gasteiger partial charge in [-0.25, -0.2) is 4.79 Å². The second kappa shape index (κ2) is 8.26. The first-order valence-electron chi connectivity index (χ1n) is 8.56. The van der Waals surface area contributed by atoms with Crippen LogP contribution in [-0.2, 0) is 11.3 Å². The highest BCUT2D eigenvalue weighted by atomic mass is 79.9. The molecule has 1 heterocycles. The molecule has 0 radical (unpaired) electrons. The van der Waals surface area contributed by atoms with Crippen LogP contribution in [0.5, 0.6) is 5.75 Å². The number of nitrogens with zero attached hydrogens (tertiary/aromatic N) is 2. The monoisotopic (exact) mass is 452 g/mol. The van der Waals surface area contributed by atoms with Crippen molar-refractivity contribution in [3.63, 3.8) is 0 Å². The summed E-state index contributed by atoms with van der Waals surface area (Å²) in [5.41, 5.74) is -0.147. The lowest BCUT2D eigenvalue weighted by molar-refractivity contribution is -0.275. The van der Waals surface area contributed by atoms with E-state index in [9.17, 15) is 18.0 Å². The first-order chi connectivity index (χ1) is 12.3. The van der Waals surface area contributed by atoms with Crippen LogP contribution in [0, 0.1) is 0 Å². The third-order valence-electron chi connectivity index (χ3n) is 4.12. The van der Waals surface area contributed by atoms with Gasteiger partial charge in [-0.3, -0.25) is 4.90 Å². The van der Waals surface area contributed by atoms with E-state index in [1.165, 1.54) is 12.1 Å². The molecule has 1 amide bonds. The smallest absolute Gasteiger partial charge is 0.444 e. The molecule has 1 unspecified atom stereocenters. The minimum atomic E-state index is -4.74. The number of amides is 1. The summed E-state index contributed by atoms with van der Waals surface area (Å²) in [6.45, 7) is 6.91. The molecule has 0 saturated carbocycles. The Morgan fingerprint density at radius 2 is 2.00 bits per heavy atom. The van der Waals surface area contributed by atoms with Gasteiger partial charge in [0.05, 0.1) is 0 Å². The Morgan fingerprint density at radius 3 is 2.59 bits per heavy atom. The molecule has 2 rings (SSSR count). The molecule has 1 aliphatic rings. The number of ether oxygens (including phenoxy) is 2. The Hall–Kier alpha value is -1.48. The predicted octanol–water partition coefficient (Wildman–Crippen LogP) is 4.79. The summed E-state index contributed by atoms with van der Waals surface area (Å²) in [5, 5.41) is 0. The second-order valence-corrected chi connectivity index (χ2v) is 8.48. The largest absolute Gasteiger partial charge is 0.573 e. The maximum absolute atomic E-state index is 12.6. The summed E-state index contributed by atoms with van der Waals surface area (Å²) >= 11 is 3.28. The van der Waals surface area contributed by atoms with Gasteiger partial charge in [0, 0.05) is 42.8 Å². The van der Waals surface area contributed by atoms with Crippen LogP contribution >= 0.6 is 15.9 Å². The molecule has 1 aromatic carbocycles. The second-order valence-electron chi connectivity index (χ2n) is 7.57. The zero-order valence-corrected chi connectivity index (χ0v) is 17.4. The molecule has 9 heteroatoms. The number of benzene rings is 1. The van der Waals surface area contributed by atoms with Crippen LogP contribution in [0.1, 0.15) is 32.8 Å². The fourth-order valence-electron chi connectivity index (χ4n) is 2.89. The van der Waals surface area contributed by atoms with Crippen molar-refractivity contribution in [2.45, 2.75) is 51.7 Å². The zero-order valence-electron chi connectivity index (χ0n) is 15.8. The summed E-state index contributed by atoms with van der Waals surface area (Å²) in [4.78, 5) is 15.8. The quantitative estimate of drug-likeness (QED) is 0.658. The predicted molar refractivity (Wildman–Crippen MR) is 98.5 cm³/mol. The Kier molecular flexibility index (Phi) is 6.68. The SMILES string of the molecule is CN(C(=O)OC(C)(C)C)C1CCN(Cc2cc(Br)ccc2OC(F)(F)F)C1. The van der Waals surface area contributed by atoms with E-state index in [1.807, 2.05) is 4.90 Å². The van der Waals surface area contributed by atoms with E-state index in [1.54, 1.807) is 38.8 Å². The van der Waals surface area contributed by atoms with Gasteiger partial charge in [0.25, 0.3) is 0 Å². The molecule has 1 atom stereocenters. The molecule has 0 aliphatic carbocycles. The molecule has 1 saturated heterocycles. The van der Waals surface area contributed by atoms with Gasteiger partial charge in [-0.05, 0) is 45.4 Å². The maximum Gasteiger partial charge on any atom is 0.573 e. The van der Waals surface area contributed by atoms with Crippen LogP contribution < -0.4 is 4.74 Å². The van der Waals surface area contributed by atoms with Crippen molar-refractivity contribution in [3.8, 4) is 5.75 Å². The molecule has 27 heavy (non-hydrogen) atoms. The van der Waals surface area contributed by atoms with Gasteiger partial charge in [-0.2, -0.15) is 0 Å². The number of carbonyl (C=O) groups is 1. The van der Waals surface area contributed by atoms with Crippen molar-refractivity contribution in [1.82, 2.24) is 9.80 Å². The van der Waals surface area contributed by atoms with Gasteiger partial charge in [-0.1, -0.05) is 15.9 Å². The summed E-state index contributed by atoms with van der Waals surface area (Å²) in [5.74, 6) is -0.213. The third-order valence-corrected chi connectivity index (χ3v) is 4.61. The summed E-state index contributed by atoms with van der Waals surface area (Å²) in [6, 6.07) is 4.37. The van der Waals surface area contributed by atoms with Crippen molar-refractivity contribution in [3.05, 3.63) is 28.2 Å². The molecule has 152 valence electrons. The number of carbonyl (C=O) groups excluding carboxylic acids is 1. The lowest BCUT2D eigenvalue weighted by atomic mass is 10.2. The Morgan fingerprint density at radius 1 is 1.33 bits per heavy atom. The zero-order chi connectivity index (χ0) is 20.4. The van der Waals surface area contributed by atoms with Crippen LogP contribution in [0.15, 0.2) is 22.7 Å². The number of rotatable bonds is 4. The van der Waals surface area contributed by atoms with Crippen molar-refractivity contribution in [2.75, 3.05) is 20.1 Å². The van der Waals surface area contributed by atoms with Gasteiger partial charge < -0.3 is 14.4 Å². The molecular weight excluding hydrogens is 429 g/mol. The minimum Gasteiger partial charge on any atom is -0.444 e. The van der Waals surface area contributed by atoms with Gasteiger partial charge in [0.15, 0.2) is 0 Å². The van der Waals surface area contributed by atoms with E-state index in [0.717, 1.165) is 6.42 Å². The summed E-state index contributed by atoms with van der Waals surface area (Å²) in [6.07, 6.45) is -4.43. The van der Waals surface area contributed by atoms with E-state index in [0.29, 0.717) is 29.7 Å². The molecule has 0 aromatic heterocycles. The average molecular weight is 453 g/mol. The first-order valence-corrected chi connectivity index (χ1v) is 9.36. The molecule has 0 bridgehead atoms. The van der Waals surface area contributed by atoms with Gasteiger partial charge >= 0.3 is 12.5 Å². The molecule has 1 fully saturated rings. The number of likely N-dealkylation sites (tertiary alicyclic amines) is 1. The Balaban J connectivity index is 2.02. The number of hydrogen-bond acceptors (Lipinski definition) is 4. The van der Waals surface area contributed by atoms with E-state index in [4.69, 9.17) is 4.74 Å². The first kappa shape index (κ1) is 21.8. The third kappa shape index (κ3) is 6.88. The molecule has 1 aromatic rings. The van der Waals surface area contributed by atoms with Gasteiger partial charge in [0.1, 0.15) is 11.4 Å². The topological polar surface area (TPSA) is 42.0 Å². The highest BCUT2D eigenvalue weighted by molar-refractivity contribution is 9.10. The van der Waals surface area contributed by atoms with Crippen molar-refractivity contribution in [1.29, 1.82) is 0 Å². The van der Waals surface area contributed by atoms with Crippen molar-refractivity contribution in [2.24, 2.45) is 0 Å². The van der Waals surface area contributed by atoms with Crippen LogP contribution in [0.2, 0.25) is 0 Å². The Bertz CT molecular complexity index is 677. The standard InChI is InChI=1S/C18H24BrF3N2O3/c1-17(2,3)27-16(25)23(4)14-7-8-24(11-14)10-12-9-13(19)5-6-15(12)26-18(20,21)22/h5-6,9,14H,7-8,10-11H2,1-4H3. The lowest BCUT2D eigenvalue weighted by Crippen LogP contribution is -2.42. The highest BCUT2D eigenvalue weighted by Crippen LogP contribution is 2.31. The lowest BCUT2D eigenvalue weighted by Gasteiger charge is -2.28. The van der Waals surface area contributed by atoms with Crippen LogP contribution in [-0.4, -0.2) is 54.0 Å². The fraction of sp³-hybridized carbons (Fsp3) is 0.611. The number of halogens is 4. The van der Waals surface area contributed by atoms with E-state index >= 15 is 0 Å². The number of alkyl halides is 3. The van der Waals surface area contributed by atoms with Crippen LogP contribution in [0.4, 0.5) is 18.0 Å². The minimum absolute atomic E-state index is 0.0565. The molecular formula is C18H24BrF3N2O3. The van der Waals surface area contributed by atoms with E-state index in [-0.39, 0.29) is 11.8 Å². The van der Waals surface area contributed by atoms with Crippen LogP contribution in [0.3, 0.4) is 0 Å². The molecule has 1 aliphatic heterocycles. The number of likely N-dealkylation sites (N-methyl/N-ethyl adjacent to an activating group) is 1. The van der Waals surface area contributed by atoms with Gasteiger partial charge in [0.2, 0.25) is 0 Å². The molecule has 0 N–H and O–H groups in total. The molecule has 0 spiro atoms. The highest BCUT2D eigenvalue weighted by Gasteiger charge is 2.34. The fourth-order valence-corrected chi connectivity index (χ4v) is 3.30. The van der Waals surface area contributed by atoms with Crippen molar-refractivity contribution >= 4 is 22.0 Å². The normalized spacial score (nSPS) is 18.4. The van der Waals surface area contributed by atoms with Crippen LogP contribution in [0.25, 0.3) is 0 Å². The van der Waals surface area contributed by atoms with Crippen molar-refractivity contribution < 1.29 is 27.4 Å². The average Bonchev–Trinajstić information content (AvgIpc) is 2.95. The number of hydrogen-bond donors (Lipinski definition) is 0. The Labute approximate surface area is 165 Å². The summed E-state index contributed by atoms with van der Waals surface area (Å²) in [7, 11) is 1.68. The maximum atomic E-state index is 12.6. The summed E-state index contributed by atoms with van der Waals surface area (Å²) < 4.78 is 48.0.